The molecule has 3 aromatic rings. The van der Waals surface area contributed by atoms with Gasteiger partial charge in [-0.1, -0.05) is 42.5 Å². The second kappa shape index (κ2) is 7.05. The number of hydrogen-bond acceptors (Lipinski definition) is 2. The van der Waals surface area contributed by atoms with Crippen molar-refractivity contribution in [1.29, 1.82) is 0 Å². The molecule has 0 radical (unpaired) electrons. The van der Waals surface area contributed by atoms with Crippen LogP contribution in [0.3, 0.4) is 0 Å². The molecule has 0 fully saturated rings. The van der Waals surface area contributed by atoms with Crippen LogP contribution < -0.4 is 11.1 Å². The van der Waals surface area contributed by atoms with Crippen LogP contribution in [0, 0.1) is 0 Å². The highest BCUT2D eigenvalue weighted by Gasteiger charge is 2.13. The minimum absolute atomic E-state index is 0.0847. The molecule has 25 heavy (non-hydrogen) atoms. The largest absolute Gasteiger partial charge is 0.351 e. The Morgan fingerprint density at radius 3 is 2.36 bits per heavy atom. The first-order chi connectivity index (χ1) is 12.0. The lowest BCUT2D eigenvalue weighted by molar-refractivity contribution is 0.0785. The zero-order valence-corrected chi connectivity index (χ0v) is 13.9. The van der Waals surface area contributed by atoms with Gasteiger partial charge in [-0.3, -0.25) is 4.79 Å². The van der Waals surface area contributed by atoms with Crippen molar-refractivity contribution in [1.82, 2.24) is 4.90 Å². The van der Waals surface area contributed by atoms with Gasteiger partial charge in [-0.05, 0) is 40.6 Å². The second-order valence-corrected chi connectivity index (χ2v) is 5.87. The van der Waals surface area contributed by atoms with Gasteiger partial charge in [-0.25, -0.2) is 4.79 Å². The first-order valence-corrected chi connectivity index (χ1v) is 7.93. The number of carbonyl (C=O) groups is 2. The summed E-state index contributed by atoms with van der Waals surface area (Å²) in [6.45, 7) is 0.515. The van der Waals surface area contributed by atoms with Crippen LogP contribution in [0.2, 0.25) is 0 Å². The van der Waals surface area contributed by atoms with E-state index in [0.717, 1.165) is 16.3 Å². The first-order valence-electron chi connectivity index (χ1n) is 7.93. The highest BCUT2D eigenvalue weighted by Crippen LogP contribution is 2.20. The molecule has 0 bridgehead atoms. The molecule has 0 aliphatic rings. The first kappa shape index (κ1) is 16.5. The molecule has 0 saturated carbocycles. The number of nitrogens with one attached hydrogen (secondary N) is 1. The van der Waals surface area contributed by atoms with Crippen molar-refractivity contribution in [3.63, 3.8) is 0 Å². The number of hydrogen-bond donors (Lipinski definition) is 2. The van der Waals surface area contributed by atoms with E-state index in [-0.39, 0.29) is 5.91 Å². The Kier molecular flexibility index (Phi) is 4.66. The van der Waals surface area contributed by atoms with Gasteiger partial charge in [0, 0.05) is 24.8 Å². The van der Waals surface area contributed by atoms with Gasteiger partial charge in [0.15, 0.2) is 0 Å². The van der Waals surface area contributed by atoms with E-state index in [2.05, 4.69) is 23.5 Å². The number of amides is 3. The van der Waals surface area contributed by atoms with Crippen LogP contribution in [0.4, 0.5) is 10.5 Å². The number of benzene rings is 3. The van der Waals surface area contributed by atoms with Crippen molar-refractivity contribution in [3.05, 3.63) is 77.9 Å². The molecule has 3 rings (SSSR count). The molecule has 0 saturated heterocycles. The Morgan fingerprint density at radius 1 is 0.960 bits per heavy atom. The summed E-state index contributed by atoms with van der Waals surface area (Å²) in [7, 11) is 1.78. The predicted octanol–water partition coefficient (Wildman–Crippen LogP) is 3.60. The molecule has 0 atom stereocenters. The molecule has 126 valence electrons. The van der Waals surface area contributed by atoms with Crippen molar-refractivity contribution >= 4 is 28.4 Å². The molecular formula is C20H19N3O2. The van der Waals surface area contributed by atoms with E-state index in [1.807, 2.05) is 24.3 Å². The van der Waals surface area contributed by atoms with Gasteiger partial charge in [0.05, 0.1) is 0 Å². The SMILES string of the molecule is CN(Cc1cccc2ccccc12)C(=O)c1ccc(NC(N)=O)cc1. The van der Waals surface area contributed by atoms with Crippen molar-refractivity contribution in [2.24, 2.45) is 5.73 Å². The van der Waals surface area contributed by atoms with Gasteiger partial charge in [0.1, 0.15) is 0 Å². The lowest BCUT2D eigenvalue weighted by atomic mass is 10.0. The summed E-state index contributed by atoms with van der Waals surface area (Å²) in [4.78, 5) is 25.2. The number of anilines is 1. The van der Waals surface area contributed by atoms with Crippen LogP contribution >= 0.6 is 0 Å². The molecule has 0 aliphatic heterocycles. The minimum Gasteiger partial charge on any atom is -0.351 e. The minimum atomic E-state index is -0.632. The van der Waals surface area contributed by atoms with Crippen molar-refractivity contribution < 1.29 is 9.59 Å². The van der Waals surface area contributed by atoms with Crippen LogP contribution in [-0.4, -0.2) is 23.9 Å². The van der Waals surface area contributed by atoms with E-state index in [9.17, 15) is 9.59 Å². The van der Waals surface area contributed by atoms with E-state index in [1.54, 1.807) is 36.2 Å². The second-order valence-electron chi connectivity index (χ2n) is 5.87. The summed E-state index contributed by atoms with van der Waals surface area (Å²) < 4.78 is 0. The number of urea groups is 1. The molecule has 0 spiro atoms. The van der Waals surface area contributed by atoms with Crippen LogP contribution in [0.1, 0.15) is 15.9 Å². The number of nitrogens with two attached hydrogens (primary N) is 1. The van der Waals surface area contributed by atoms with E-state index in [4.69, 9.17) is 5.73 Å². The third-order valence-corrected chi connectivity index (χ3v) is 4.03. The monoisotopic (exact) mass is 333 g/mol. The van der Waals surface area contributed by atoms with Gasteiger partial charge in [0.25, 0.3) is 5.91 Å². The lowest BCUT2D eigenvalue weighted by Crippen LogP contribution is -2.26. The molecule has 0 aliphatic carbocycles. The van der Waals surface area contributed by atoms with Crippen molar-refractivity contribution in [3.8, 4) is 0 Å². The number of primary amides is 1. The average Bonchev–Trinajstić information content (AvgIpc) is 2.61. The fraction of sp³-hybridized carbons (Fsp3) is 0.100. The highest BCUT2D eigenvalue weighted by molar-refractivity contribution is 5.95. The van der Waals surface area contributed by atoms with Crippen molar-refractivity contribution in [2.45, 2.75) is 6.54 Å². The number of carbonyl (C=O) groups excluding carboxylic acids is 2. The van der Waals surface area contributed by atoms with E-state index < -0.39 is 6.03 Å². The van der Waals surface area contributed by atoms with Crippen LogP contribution in [0.15, 0.2) is 66.7 Å². The molecule has 5 nitrogen and oxygen atoms in total. The van der Waals surface area contributed by atoms with Crippen LogP contribution in [-0.2, 0) is 6.54 Å². The Bertz CT molecular complexity index is 914. The summed E-state index contributed by atoms with van der Waals surface area (Å²) >= 11 is 0. The summed E-state index contributed by atoms with van der Waals surface area (Å²) in [5.74, 6) is -0.0847. The van der Waals surface area contributed by atoms with E-state index in [1.165, 1.54) is 0 Å². The number of fused-ring (bicyclic) bond motifs is 1. The Hall–Kier alpha value is -3.34. The Labute approximate surface area is 146 Å². The maximum absolute atomic E-state index is 12.6. The molecule has 5 heteroatoms. The summed E-state index contributed by atoms with van der Waals surface area (Å²) in [5.41, 5.74) is 7.28. The molecule has 0 unspecified atom stereocenters. The van der Waals surface area contributed by atoms with Gasteiger partial charge in [-0.15, -0.1) is 0 Å². The van der Waals surface area contributed by atoms with Gasteiger partial charge in [0.2, 0.25) is 0 Å². The molecule has 3 amide bonds. The van der Waals surface area contributed by atoms with E-state index in [0.29, 0.717) is 17.8 Å². The zero-order chi connectivity index (χ0) is 17.8. The van der Waals surface area contributed by atoms with Gasteiger partial charge < -0.3 is 16.0 Å². The lowest BCUT2D eigenvalue weighted by Gasteiger charge is -2.19. The Morgan fingerprint density at radius 2 is 1.64 bits per heavy atom. The molecule has 0 aromatic heterocycles. The topological polar surface area (TPSA) is 75.4 Å². The number of nitrogens with zero attached hydrogens (tertiary/aromatic N) is 1. The fourth-order valence-corrected chi connectivity index (χ4v) is 2.82. The predicted molar refractivity (Wildman–Crippen MR) is 99.4 cm³/mol. The third kappa shape index (κ3) is 3.77. The standard InChI is InChI=1S/C20H19N3O2/c1-23(13-16-7-4-6-14-5-2-3-8-18(14)16)19(24)15-9-11-17(12-10-15)22-20(21)25/h2-12H,13H2,1H3,(H3,21,22,25). The number of rotatable bonds is 4. The maximum atomic E-state index is 12.6. The Balaban J connectivity index is 1.77. The van der Waals surface area contributed by atoms with Crippen LogP contribution in [0.5, 0.6) is 0 Å². The summed E-state index contributed by atoms with van der Waals surface area (Å²) in [5, 5.41) is 4.77. The molecule has 3 N–H and O–H groups in total. The van der Waals surface area contributed by atoms with E-state index >= 15 is 0 Å². The normalized spacial score (nSPS) is 10.4. The summed E-state index contributed by atoms with van der Waals surface area (Å²) in [6, 6.07) is 20.2. The fourth-order valence-electron chi connectivity index (χ4n) is 2.82. The molecular weight excluding hydrogens is 314 g/mol. The molecule has 0 heterocycles. The average molecular weight is 333 g/mol. The molecule has 3 aromatic carbocycles. The maximum Gasteiger partial charge on any atom is 0.316 e. The quantitative estimate of drug-likeness (QED) is 0.765. The third-order valence-electron chi connectivity index (χ3n) is 4.03. The smallest absolute Gasteiger partial charge is 0.316 e. The highest BCUT2D eigenvalue weighted by atomic mass is 16.2. The summed E-state index contributed by atoms with van der Waals surface area (Å²) in [6.07, 6.45) is 0. The zero-order valence-electron chi connectivity index (χ0n) is 13.9. The van der Waals surface area contributed by atoms with Gasteiger partial charge >= 0.3 is 6.03 Å². The van der Waals surface area contributed by atoms with Crippen molar-refractivity contribution in [2.75, 3.05) is 12.4 Å². The van der Waals surface area contributed by atoms with Crippen LogP contribution in [0.25, 0.3) is 10.8 Å². The van der Waals surface area contributed by atoms with Gasteiger partial charge in [-0.2, -0.15) is 0 Å².